The van der Waals surface area contributed by atoms with Gasteiger partial charge in [0.25, 0.3) is 0 Å². The van der Waals surface area contributed by atoms with Crippen molar-refractivity contribution in [2.24, 2.45) is 5.92 Å². The third kappa shape index (κ3) is 2.00. The van der Waals surface area contributed by atoms with Gasteiger partial charge >= 0.3 is 0 Å². The minimum absolute atomic E-state index is 0.385. The van der Waals surface area contributed by atoms with E-state index in [2.05, 4.69) is 13.0 Å². The Bertz CT molecular complexity index is 136. The second-order valence-electron chi connectivity index (χ2n) is 2.69. The molecule has 1 nitrogen and oxygen atoms in total. The zero-order valence-electron chi connectivity index (χ0n) is 5.76. The smallest absolute Gasteiger partial charge is 0.136 e. The van der Waals surface area contributed by atoms with Gasteiger partial charge in [-0.1, -0.05) is 19.1 Å². The lowest BCUT2D eigenvalue weighted by Crippen LogP contribution is -1.94. The summed E-state index contributed by atoms with van der Waals surface area (Å²) in [5, 5.41) is 0. The molecular weight excluding hydrogens is 112 g/mol. The molecule has 0 aromatic carbocycles. The summed E-state index contributed by atoms with van der Waals surface area (Å²) in [7, 11) is 0. The Morgan fingerprint density at radius 1 is 1.67 bits per heavy atom. The average Bonchev–Trinajstić information content (AvgIpc) is 1.97. The van der Waals surface area contributed by atoms with E-state index in [1.54, 1.807) is 0 Å². The number of Topliss-reactive ketones (excluding diaryl/α,β-unsaturated/α-hetero) is 1. The molecule has 50 valence electrons. The van der Waals surface area contributed by atoms with E-state index < -0.39 is 0 Å². The van der Waals surface area contributed by atoms with Crippen molar-refractivity contribution >= 4 is 5.78 Å². The van der Waals surface area contributed by atoms with Crippen LogP contribution in [0.3, 0.4) is 0 Å². The van der Waals surface area contributed by atoms with Gasteiger partial charge in [0, 0.05) is 12.8 Å². The molecule has 1 unspecified atom stereocenters. The number of rotatable bonds is 0. The van der Waals surface area contributed by atoms with Crippen LogP contribution < -0.4 is 0 Å². The molecule has 0 radical (unpaired) electrons. The quantitative estimate of drug-likeness (QED) is 0.451. The second-order valence-corrected chi connectivity index (χ2v) is 2.69. The van der Waals surface area contributed by atoms with E-state index in [1.165, 1.54) is 0 Å². The van der Waals surface area contributed by atoms with Gasteiger partial charge in [0.2, 0.25) is 0 Å². The Kier molecular flexibility index (Phi) is 2.04. The fourth-order valence-corrected chi connectivity index (χ4v) is 1.02. The van der Waals surface area contributed by atoms with Crippen LogP contribution in [0.4, 0.5) is 0 Å². The van der Waals surface area contributed by atoms with Crippen molar-refractivity contribution in [1.82, 2.24) is 0 Å². The van der Waals surface area contributed by atoms with Crippen molar-refractivity contribution in [3.63, 3.8) is 0 Å². The first-order chi connectivity index (χ1) is 4.29. The van der Waals surface area contributed by atoms with Crippen LogP contribution in [0.15, 0.2) is 12.2 Å². The zero-order valence-corrected chi connectivity index (χ0v) is 5.76. The molecule has 1 atom stereocenters. The number of carbonyl (C=O) groups excluding carboxylic acids is 1. The average molecular weight is 124 g/mol. The molecule has 0 aromatic heterocycles. The Balaban J connectivity index is 2.48. The molecule has 9 heavy (non-hydrogen) atoms. The number of hydrogen-bond acceptors (Lipinski definition) is 1. The predicted octanol–water partition coefficient (Wildman–Crippen LogP) is 1.93. The second kappa shape index (κ2) is 2.81. The molecule has 0 amide bonds. The van der Waals surface area contributed by atoms with E-state index in [0.717, 1.165) is 12.8 Å². The molecule has 1 heteroatoms. The summed E-state index contributed by atoms with van der Waals surface area (Å²) in [5.41, 5.74) is 0. The van der Waals surface area contributed by atoms with Gasteiger partial charge in [0.15, 0.2) is 0 Å². The van der Waals surface area contributed by atoms with Crippen LogP contribution >= 0.6 is 0 Å². The van der Waals surface area contributed by atoms with Crippen LogP contribution in [-0.4, -0.2) is 5.78 Å². The standard InChI is InChI=1S/C8H12O/c1-7-3-2-4-8(9)6-5-7/h2-3,7H,4-6H2,1H3. The SMILES string of the molecule is CC1C=CCC(=O)CC1. The molecule has 1 rings (SSSR count). The third-order valence-corrected chi connectivity index (χ3v) is 1.69. The maximum absolute atomic E-state index is 10.8. The Hall–Kier alpha value is -0.590. The first-order valence-corrected chi connectivity index (χ1v) is 3.47. The highest BCUT2D eigenvalue weighted by Gasteiger charge is 2.06. The van der Waals surface area contributed by atoms with Crippen LogP contribution in [0.5, 0.6) is 0 Å². The van der Waals surface area contributed by atoms with E-state index in [4.69, 9.17) is 0 Å². The molecule has 0 saturated carbocycles. The summed E-state index contributed by atoms with van der Waals surface area (Å²) in [4.78, 5) is 10.8. The van der Waals surface area contributed by atoms with E-state index in [-0.39, 0.29) is 0 Å². The number of carbonyl (C=O) groups is 1. The van der Waals surface area contributed by atoms with Crippen LogP contribution in [0.25, 0.3) is 0 Å². The zero-order chi connectivity index (χ0) is 6.69. The predicted molar refractivity (Wildman–Crippen MR) is 37.2 cm³/mol. The van der Waals surface area contributed by atoms with Gasteiger partial charge in [-0.2, -0.15) is 0 Å². The number of ketones is 1. The van der Waals surface area contributed by atoms with Crippen molar-refractivity contribution in [1.29, 1.82) is 0 Å². The van der Waals surface area contributed by atoms with Crippen molar-refractivity contribution in [3.8, 4) is 0 Å². The van der Waals surface area contributed by atoms with Gasteiger partial charge < -0.3 is 0 Å². The summed E-state index contributed by atoms with van der Waals surface area (Å²) in [5.74, 6) is 0.993. The highest BCUT2D eigenvalue weighted by Crippen LogP contribution is 2.12. The van der Waals surface area contributed by atoms with Crippen LogP contribution in [0.2, 0.25) is 0 Å². The highest BCUT2D eigenvalue weighted by atomic mass is 16.1. The molecule has 1 aliphatic rings. The normalized spacial score (nSPS) is 28.1. The number of hydrogen-bond donors (Lipinski definition) is 0. The molecule has 0 heterocycles. The van der Waals surface area contributed by atoms with E-state index in [9.17, 15) is 4.79 Å². The van der Waals surface area contributed by atoms with Crippen LogP contribution in [-0.2, 0) is 4.79 Å². The molecule has 0 aliphatic heterocycles. The van der Waals surface area contributed by atoms with Crippen molar-refractivity contribution in [2.75, 3.05) is 0 Å². The summed E-state index contributed by atoms with van der Waals surface area (Å²) in [6.07, 6.45) is 6.58. The fourth-order valence-electron chi connectivity index (χ4n) is 1.02. The molecule has 0 N–H and O–H groups in total. The summed E-state index contributed by atoms with van der Waals surface area (Å²) in [6.45, 7) is 2.15. The van der Waals surface area contributed by atoms with Gasteiger partial charge in [-0.25, -0.2) is 0 Å². The Labute approximate surface area is 55.8 Å². The minimum Gasteiger partial charge on any atom is -0.299 e. The highest BCUT2D eigenvalue weighted by molar-refractivity contribution is 5.80. The first-order valence-electron chi connectivity index (χ1n) is 3.47. The lowest BCUT2D eigenvalue weighted by Gasteiger charge is -1.98. The van der Waals surface area contributed by atoms with Gasteiger partial charge in [-0.3, -0.25) is 4.79 Å². The first kappa shape index (κ1) is 6.53. The van der Waals surface area contributed by atoms with Gasteiger partial charge in [0.1, 0.15) is 5.78 Å². The van der Waals surface area contributed by atoms with Gasteiger partial charge in [0.05, 0.1) is 0 Å². The fraction of sp³-hybridized carbons (Fsp3) is 0.625. The monoisotopic (exact) mass is 124 g/mol. The molecule has 0 saturated heterocycles. The van der Waals surface area contributed by atoms with Gasteiger partial charge in [-0.05, 0) is 12.3 Å². The maximum Gasteiger partial charge on any atom is 0.136 e. The topological polar surface area (TPSA) is 17.1 Å². The van der Waals surface area contributed by atoms with Gasteiger partial charge in [-0.15, -0.1) is 0 Å². The number of allylic oxidation sites excluding steroid dienone is 2. The van der Waals surface area contributed by atoms with E-state index in [1.807, 2.05) is 6.08 Å². The Morgan fingerprint density at radius 3 is 3.22 bits per heavy atom. The maximum atomic E-state index is 10.8. The van der Waals surface area contributed by atoms with E-state index in [0.29, 0.717) is 18.1 Å². The molecule has 0 bridgehead atoms. The summed E-state index contributed by atoms with van der Waals surface area (Å²) in [6, 6.07) is 0. The molecular formula is C8H12O. The van der Waals surface area contributed by atoms with Crippen molar-refractivity contribution in [2.45, 2.75) is 26.2 Å². The molecule has 0 fully saturated rings. The van der Waals surface area contributed by atoms with Crippen molar-refractivity contribution in [3.05, 3.63) is 12.2 Å². The Morgan fingerprint density at radius 2 is 2.44 bits per heavy atom. The molecule has 0 aromatic rings. The summed E-state index contributed by atoms with van der Waals surface area (Å²) < 4.78 is 0. The molecule has 1 aliphatic carbocycles. The van der Waals surface area contributed by atoms with Crippen molar-refractivity contribution < 1.29 is 4.79 Å². The minimum atomic E-state index is 0.385. The summed E-state index contributed by atoms with van der Waals surface area (Å²) >= 11 is 0. The molecule has 0 spiro atoms. The third-order valence-electron chi connectivity index (χ3n) is 1.69. The largest absolute Gasteiger partial charge is 0.299 e. The van der Waals surface area contributed by atoms with Crippen LogP contribution in [0, 0.1) is 5.92 Å². The lowest BCUT2D eigenvalue weighted by atomic mass is 10.1. The van der Waals surface area contributed by atoms with Crippen LogP contribution in [0.1, 0.15) is 26.2 Å². The lowest BCUT2D eigenvalue weighted by molar-refractivity contribution is -0.118. The van der Waals surface area contributed by atoms with E-state index >= 15 is 0 Å².